The summed E-state index contributed by atoms with van der Waals surface area (Å²) in [6, 6.07) is 29.6. The van der Waals surface area contributed by atoms with Crippen LogP contribution < -0.4 is 14.8 Å². The van der Waals surface area contributed by atoms with Crippen molar-refractivity contribution in [3.8, 4) is 29.1 Å². The first kappa shape index (κ1) is 34.5. The number of carbonyl (C=O) groups is 3. The summed E-state index contributed by atoms with van der Waals surface area (Å²) in [6.45, 7) is 4.56. The lowest BCUT2D eigenvalue weighted by molar-refractivity contribution is -0.136. The van der Waals surface area contributed by atoms with Gasteiger partial charge in [0, 0.05) is 74.5 Å². The highest BCUT2D eigenvalue weighted by atomic mass is 16.5. The first-order valence-corrected chi connectivity index (χ1v) is 18.6. The molecule has 9 nitrogen and oxygen atoms in total. The molecular weight excluding hydrogens is 666 g/mol. The summed E-state index contributed by atoms with van der Waals surface area (Å²) in [4.78, 5) is 40.9. The van der Waals surface area contributed by atoms with E-state index in [4.69, 9.17) is 9.47 Å². The highest BCUT2D eigenvalue weighted by Gasteiger charge is 2.39. The number of carbonyl (C=O) groups excluding carboxylic acids is 3. The van der Waals surface area contributed by atoms with Gasteiger partial charge in [-0.25, -0.2) is 0 Å². The van der Waals surface area contributed by atoms with E-state index >= 15 is 0 Å². The third-order valence-corrected chi connectivity index (χ3v) is 11.0. The molecule has 4 aliphatic rings. The number of piperidine rings is 1. The number of hydrogen-bond acceptors (Lipinski definition) is 7. The normalized spacial score (nSPS) is 21.1. The number of amides is 3. The van der Waals surface area contributed by atoms with Gasteiger partial charge in [-0.15, -0.1) is 5.92 Å². The number of nitrogens with one attached hydrogen (secondary N) is 1. The molecular formula is C44H43N3O6. The lowest BCUT2D eigenvalue weighted by Crippen LogP contribution is -2.52. The van der Waals surface area contributed by atoms with E-state index in [1.807, 2.05) is 30.3 Å². The SMILES string of the molecule is O=C1CCC(N2Cc3ccc(CC#CCCC4CN(CCOc5ccc([C@@H]6c7ccc(O)cc7OCC6c6ccccc6)cc5)C4)cc3C2=O)C(=O)N1. The molecule has 2 unspecified atom stereocenters. The number of hydrogen-bond donors (Lipinski definition) is 2. The Morgan fingerprint density at radius 2 is 1.74 bits per heavy atom. The molecule has 4 aromatic carbocycles. The molecule has 3 amide bonds. The van der Waals surface area contributed by atoms with Crippen LogP contribution in [0.4, 0.5) is 0 Å². The molecule has 0 bridgehead atoms. The van der Waals surface area contributed by atoms with Crippen LogP contribution in [-0.4, -0.2) is 71.5 Å². The predicted octanol–water partition coefficient (Wildman–Crippen LogP) is 5.80. The van der Waals surface area contributed by atoms with Crippen molar-refractivity contribution >= 4 is 17.7 Å². The number of phenolic OH excluding ortho intramolecular Hbond substituents is 1. The smallest absolute Gasteiger partial charge is 0.255 e. The standard InChI is InChI=1S/C44H43N3O6/c48-34-15-18-36-40(24-34)53-28-38(31-9-5-2-6-10-31)42(36)32-13-16-35(17-14-32)52-22-21-46-25-30(26-46)8-4-1-3-7-29-11-12-33-27-47(44(51)37(33)23-29)39-19-20-41(49)45-43(39)50/h2,5-6,9-18,23-24,30,38-39,42,48H,4,7-8,19-22,25-28H2,(H,45,49,50)/t38?,39?,42-/m1/s1. The summed E-state index contributed by atoms with van der Waals surface area (Å²) in [7, 11) is 0. The van der Waals surface area contributed by atoms with E-state index in [0.29, 0.717) is 44.1 Å². The number of aromatic hydroxyl groups is 1. The average Bonchev–Trinajstić information content (AvgIpc) is 3.48. The van der Waals surface area contributed by atoms with Crippen molar-refractivity contribution in [2.24, 2.45) is 5.92 Å². The number of phenols is 1. The van der Waals surface area contributed by atoms with E-state index in [1.165, 1.54) is 11.1 Å². The number of rotatable bonds is 10. The predicted molar refractivity (Wildman–Crippen MR) is 200 cm³/mol. The van der Waals surface area contributed by atoms with Crippen molar-refractivity contribution in [2.75, 3.05) is 32.8 Å². The van der Waals surface area contributed by atoms with Gasteiger partial charge in [0.2, 0.25) is 11.8 Å². The molecule has 8 rings (SSSR count). The number of likely N-dealkylation sites (tertiary alicyclic amines) is 1. The van der Waals surface area contributed by atoms with Gasteiger partial charge in [-0.3, -0.25) is 24.6 Å². The van der Waals surface area contributed by atoms with E-state index in [1.54, 1.807) is 17.0 Å². The van der Waals surface area contributed by atoms with E-state index in [2.05, 4.69) is 70.6 Å². The Kier molecular flexibility index (Phi) is 9.88. The van der Waals surface area contributed by atoms with Gasteiger partial charge in [0.25, 0.3) is 5.91 Å². The van der Waals surface area contributed by atoms with Crippen molar-refractivity contribution in [3.05, 3.63) is 124 Å². The van der Waals surface area contributed by atoms with Crippen LogP contribution in [0, 0.1) is 17.8 Å². The molecule has 4 aromatic rings. The number of imide groups is 1. The molecule has 0 aliphatic carbocycles. The van der Waals surface area contributed by atoms with Crippen LogP contribution in [0.3, 0.4) is 0 Å². The highest BCUT2D eigenvalue weighted by molar-refractivity contribution is 6.05. The molecule has 4 heterocycles. The Morgan fingerprint density at radius 1 is 0.906 bits per heavy atom. The molecule has 3 atom stereocenters. The fraction of sp³-hybridized carbons (Fsp3) is 0.341. The molecule has 0 aromatic heterocycles. The maximum Gasteiger partial charge on any atom is 0.255 e. The number of fused-ring (bicyclic) bond motifs is 2. The minimum absolute atomic E-state index is 0.100. The molecule has 2 fully saturated rings. The van der Waals surface area contributed by atoms with Crippen LogP contribution in [0.15, 0.2) is 91.0 Å². The van der Waals surface area contributed by atoms with E-state index in [0.717, 1.165) is 60.7 Å². The zero-order chi connectivity index (χ0) is 36.3. The minimum atomic E-state index is -0.599. The Labute approximate surface area is 309 Å². The van der Waals surface area contributed by atoms with Gasteiger partial charge in [0.05, 0.1) is 6.61 Å². The van der Waals surface area contributed by atoms with Gasteiger partial charge < -0.3 is 19.5 Å². The Bertz CT molecular complexity index is 2060. The van der Waals surface area contributed by atoms with Crippen molar-refractivity contribution < 1.29 is 29.0 Å². The van der Waals surface area contributed by atoms with Crippen molar-refractivity contribution in [1.82, 2.24) is 15.1 Å². The second kappa shape index (κ2) is 15.2. The van der Waals surface area contributed by atoms with Gasteiger partial charge in [0.1, 0.15) is 29.9 Å². The maximum absolute atomic E-state index is 13.1. The zero-order valence-corrected chi connectivity index (χ0v) is 29.6. The molecule has 270 valence electrons. The summed E-state index contributed by atoms with van der Waals surface area (Å²) >= 11 is 0. The fourth-order valence-electron chi connectivity index (χ4n) is 8.15. The molecule has 9 heteroatoms. The molecule has 0 radical (unpaired) electrons. The lowest BCUT2D eigenvalue weighted by Gasteiger charge is -2.39. The van der Waals surface area contributed by atoms with Gasteiger partial charge in [-0.05, 0) is 65.3 Å². The molecule has 2 N–H and O–H groups in total. The van der Waals surface area contributed by atoms with Crippen LogP contribution >= 0.6 is 0 Å². The first-order chi connectivity index (χ1) is 25.9. The number of ether oxygens (including phenoxy) is 2. The Balaban J connectivity index is 0.766. The third kappa shape index (κ3) is 7.51. The summed E-state index contributed by atoms with van der Waals surface area (Å²) < 4.78 is 12.3. The third-order valence-electron chi connectivity index (χ3n) is 11.0. The largest absolute Gasteiger partial charge is 0.508 e. The first-order valence-electron chi connectivity index (χ1n) is 18.6. The summed E-state index contributed by atoms with van der Waals surface area (Å²) in [5, 5.41) is 12.4. The monoisotopic (exact) mass is 709 g/mol. The van der Waals surface area contributed by atoms with E-state index in [-0.39, 0.29) is 35.8 Å². The van der Waals surface area contributed by atoms with E-state index < -0.39 is 11.9 Å². The quantitative estimate of drug-likeness (QED) is 0.158. The van der Waals surface area contributed by atoms with Crippen molar-refractivity contribution in [1.29, 1.82) is 0 Å². The molecule has 0 saturated carbocycles. The van der Waals surface area contributed by atoms with Crippen LogP contribution in [0.1, 0.15) is 75.7 Å². The van der Waals surface area contributed by atoms with Crippen LogP contribution in [-0.2, 0) is 22.6 Å². The van der Waals surface area contributed by atoms with Crippen molar-refractivity contribution in [3.63, 3.8) is 0 Å². The molecule has 53 heavy (non-hydrogen) atoms. The van der Waals surface area contributed by atoms with Crippen LogP contribution in [0.5, 0.6) is 17.2 Å². The molecule has 2 saturated heterocycles. The fourth-order valence-corrected chi connectivity index (χ4v) is 8.15. The van der Waals surface area contributed by atoms with E-state index in [9.17, 15) is 19.5 Å². The average molecular weight is 710 g/mol. The molecule has 0 spiro atoms. The molecule has 4 aliphatic heterocycles. The summed E-state index contributed by atoms with van der Waals surface area (Å²) in [5.41, 5.74) is 6.03. The zero-order valence-electron chi connectivity index (χ0n) is 29.6. The summed E-state index contributed by atoms with van der Waals surface area (Å²) in [5.74, 6) is 8.46. The minimum Gasteiger partial charge on any atom is -0.508 e. The van der Waals surface area contributed by atoms with Gasteiger partial charge >= 0.3 is 0 Å². The maximum atomic E-state index is 13.1. The highest BCUT2D eigenvalue weighted by Crippen LogP contribution is 2.47. The second-order valence-electron chi connectivity index (χ2n) is 14.5. The van der Waals surface area contributed by atoms with Gasteiger partial charge in [-0.1, -0.05) is 66.6 Å². The summed E-state index contributed by atoms with van der Waals surface area (Å²) in [6.07, 6.45) is 3.10. The second-order valence-corrected chi connectivity index (χ2v) is 14.5. The Hall–Kier alpha value is -5.59. The van der Waals surface area contributed by atoms with Crippen LogP contribution in [0.2, 0.25) is 0 Å². The topological polar surface area (TPSA) is 108 Å². The lowest BCUT2D eigenvalue weighted by atomic mass is 9.76. The Morgan fingerprint density at radius 3 is 2.55 bits per heavy atom. The number of benzene rings is 4. The van der Waals surface area contributed by atoms with Gasteiger partial charge in [0.15, 0.2) is 0 Å². The van der Waals surface area contributed by atoms with Crippen molar-refractivity contribution in [2.45, 2.75) is 56.5 Å². The van der Waals surface area contributed by atoms with Crippen LogP contribution in [0.25, 0.3) is 0 Å². The number of nitrogens with zero attached hydrogens (tertiary/aromatic N) is 2. The van der Waals surface area contributed by atoms with Gasteiger partial charge in [-0.2, -0.15) is 0 Å².